The molecule has 0 N–H and O–H groups in total. The minimum atomic E-state index is -0.256. The Balaban J connectivity index is 1.58. The maximum absolute atomic E-state index is 13.8. The average Bonchev–Trinajstić information content (AvgIpc) is 3.36. The van der Waals surface area contributed by atoms with Crippen LogP contribution in [0.2, 0.25) is 0 Å². The van der Waals surface area contributed by atoms with Crippen molar-refractivity contribution in [2.75, 3.05) is 6.54 Å². The van der Waals surface area contributed by atoms with Crippen molar-refractivity contribution < 1.29 is 8.91 Å². The third-order valence-corrected chi connectivity index (χ3v) is 5.65. The molecule has 130 valence electrons. The van der Waals surface area contributed by atoms with Gasteiger partial charge in [0, 0.05) is 11.6 Å². The van der Waals surface area contributed by atoms with Gasteiger partial charge in [-0.3, -0.25) is 4.90 Å². The SMILES string of the molecule is Cc1ccc(-c2noc([C@H](C)N3CCC[C@H]3c3ccsc3)n2)cc1F. The van der Waals surface area contributed by atoms with Crippen LogP contribution in [0.25, 0.3) is 11.4 Å². The first-order valence-corrected chi connectivity index (χ1v) is 9.46. The number of nitrogens with zero attached hydrogens (tertiary/aromatic N) is 3. The Labute approximate surface area is 150 Å². The zero-order valence-electron chi connectivity index (χ0n) is 14.3. The minimum absolute atomic E-state index is 0.0314. The molecule has 3 heterocycles. The van der Waals surface area contributed by atoms with Gasteiger partial charge in [0.05, 0.1) is 6.04 Å². The Morgan fingerprint density at radius 3 is 3.00 bits per heavy atom. The van der Waals surface area contributed by atoms with Crippen LogP contribution >= 0.6 is 11.3 Å². The van der Waals surface area contributed by atoms with Crippen LogP contribution in [0.5, 0.6) is 0 Å². The summed E-state index contributed by atoms with van der Waals surface area (Å²) in [7, 11) is 0. The van der Waals surface area contributed by atoms with Gasteiger partial charge in [-0.15, -0.1) is 0 Å². The van der Waals surface area contributed by atoms with E-state index in [1.54, 1.807) is 24.3 Å². The van der Waals surface area contributed by atoms with Crippen LogP contribution in [0.15, 0.2) is 39.5 Å². The number of benzene rings is 1. The van der Waals surface area contributed by atoms with E-state index >= 15 is 0 Å². The molecule has 0 spiro atoms. The number of hydrogen-bond acceptors (Lipinski definition) is 5. The lowest BCUT2D eigenvalue weighted by atomic mass is 10.1. The van der Waals surface area contributed by atoms with E-state index in [1.165, 1.54) is 11.6 Å². The second-order valence-electron chi connectivity index (χ2n) is 6.55. The number of likely N-dealkylation sites (tertiary alicyclic amines) is 1. The fourth-order valence-corrected chi connectivity index (χ4v) is 4.18. The van der Waals surface area contributed by atoms with Crippen LogP contribution in [-0.2, 0) is 0 Å². The van der Waals surface area contributed by atoms with Crippen molar-refractivity contribution in [3.63, 3.8) is 0 Å². The Morgan fingerprint density at radius 2 is 2.24 bits per heavy atom. The average molecular weight is 357 g/mol. The normalized spacial score (nSPS) is 19.4. The molecule has 0 amide bonds. The number of aryl methyl sites for hydroxylation is 1. The van der Waals surface area contributed by atoms with Crippen molar-refractivity contribution in [3.8, 4) is 11.4 Å². The highest BCUT2D eigenvalue weighted by molar-refractivity contribution is 7.07. The molecule has 1 aromatic carbocycles. The van der Waals surface area contributed by atoms with E-state index in [2.05, 4.69) is 38.8 Å². The van der Waals surface area contributed by atoms with E-state index in [4.69, 9.17) is 4.52 Å². The van der Waals surface area contributed by atoms with E-state index in [0.717, 1.165) is 19.4 Å². The predicted molar refractivity (Wildman–Crippen MR) is 95.8 cm³/mol. The molecule has 4 nitrogen and oxygen atoms in total. The van der Waals surface area contributed by atoms with Crippen molar-refractivity contribution in [1.82, 2.24) is 15.0 Å². The van der Waals surface area contributed by atoms with Crippen molar-refractivity contribution in [2.45, 2.75) is 38.8 Å². The van der Waals surface area contributed by atoms with Gasteiger partial charge in [0.25, 0.3) is 0 Å². The molecule has 6 heteroatoms. The number of thiophene rings is 1. The molecule has 1 saturated heterocycles. The first-order chi connectivity index (χ1) is 12.1. The molecule has 3 aromatic rings. The Kier molecular flexibility index (Phi) is 4.39. The van der Waals surface area contributed by atoms with Crippen LogP contribution in [0.4, 0.5) is 4.39 Å². The van der Waals surface area contributed by atoms with Gasteiger partial charge < -0.3 is 4.52 Å². The topological polar surface area (TPSA) is 42.2 Å². The molecule has 2 atom stereocenters. The highest BCUT2D eigenvalue weighted by Crippen LogP contribution is 2.39. The summed E-state index contributed by atoms with van der Waals surface area (Å²) in [5.74, 6) is 0.763. The monoisotopic (exact) mass is 357 g/mol. The molecule has 0 bridgehead atoms. The summed E-state index contributed by atoms with van der Waals surface area (Å²) in [4.78, 5) is 6.94. The first-order valence-electron chi connectivity index (χ1n) is 8.51. The summed E-state index contributed by atoms with van der Waals surface area (Å²) < 4.78 is 19.3. The van der Waals surface area contributed by atoms with E-state index in [9.17, 15) is 4.39 Å². The highest BCUT2D eigenvalue weighted by atomic mass is 32.1. The molecular weight excluding hydrogens is 337 g/mol. The van der Waals surface area contributed by atoms with Crippen molar-refractivity contribution in [3.05, 3.63) is 57.9 Å². The van der Waals surface area contributed by atoms with Crippen LogP contribution in [0, 0.1) is 12.7 Å². The van der Waals surface area contributed by atoms with Gasteiger partial charge >= 0.3 is 0 Å². The molecule has 2 aromatic heterocycles. The van der Waals surface area contributed by atoms with Gasteiger partial charge in [-0.25, -0.2) is 4.39 Å². The van der Waals surface area contributed by atoms with Crippen LogP contribution < -0.4 is 0 Å². The van der Waals surface area contributed by atoms with Gasteiger partial charge in [-0.1, -0.05) is 17.3 Å². The maximum atomic E-state index is 13.8. The van der Waals surface area contributed by atoms with Crippen molar-refractivity contribution in [2.24, 2.45) is 0 Å². The fourth-order valence-electron chi connectivity index (χ4n) is 3.47. The molecule has 1 aliphatic heterocycles. The molecule has 0 unspecified atom stereocenters. The molecule has 1 fully saturated rings. The van der Waals surface area contributed by atoms with Gasteiger partial charge in [0.15, 0.2) is 0 Å². The molecule has 1 aliphatic rings. The zero-order valence-corrected chi connectivity index (χ0v) is 15.1. The fraction of sp³-hybridized carbons (Fsp3) is 0.368. The largest absolute Gasteiger partial charge is 0.337 e. The molecule has 0 radical (unpaired) electrons. The zero-order chi connectivity index (χ0) is 17.4. The highest BCUT2D eigenvalue weighted by Gasteiger charge is 2.33. The number of rotatable bonds is 4. The molecule has 0 aliphatic carbocycles. The van der Waals surface area contributed by atoms with Crippen LogP contribution in [0.1, 0.15) is 48.9 Å². The molecular formula is C19H20FN3OS. The molecule has 25 heavy (non-hydrogen) atoms. The van der Waals surface area contributed by atoms with Gasteiger partial charge in [0.1, 0.15) is 5.82 Å². The number of hydrogen-bond donors (Lipinski definition) is 0. The second kappa shape index (κ2) is 6.69. The smallest absolute Gasteiger partial charge is 0.244 e. The lowest BCUT2D eigenvalue weighted by Gasteiger charge is -2.27. The predicted octanol–water partition coefficient (Wildman–Crippen LogP) is 5.14. The third kappa shape index (κ3) is 3.12. The van der Waals surface area contributed by atoms with E-state index < -0.39 is 0 Å². The molecule has 4 rings (SSSR count). The Bertz CT molecular complexity index is 861. The molecule has 0 saturated carbocycles. The Morgan fingerprint density at radius 1 is 1.36 bits per heavy atom. The van der Waals surface area contributed by atoms with Crippen molar-refractivity contribution in [1.29, 1.82) is 0 Å². The van der Waals surface area contributed by atoms with E-state index in [0.29, 0.717) is 28.9 Å². The summed E-state index contributed by atoms with van der Waals surface area (Å²) in [5.41, 5.74) is 2.60. The summed E-state index contributed by atoms with van der Waals surface area (Å²) >= 11 is 1.73. The summed E-state index contributed by atoms with van der Waals surface area (Å²) in [6, 6.07) is 7.63. The lowest BCUT2D eigenvalue weighted by molar-refractivity contribution is 0.159. The third-order valence-electron chi connectivity index (χ3n) is 4.95. The van der Waals surface area contributed by atoms with Crippen molar-refractivity contribution >= 4 is 11.3 Å². The number of halogens is 1. The van der Waals surface area contributed by atoms with E-state index in [-0.39, 0.29) is 11.9 Å². The number of aromatic nitrogens is 2. The lowest BCUT2D eigenvalue weighted by Crippen LogP contribution is -2.26. The van der Waals surface area contributed by atoms with Gasteiger partial charge in [0.2, 0.25) is 11.7 Å². The van der Waals surface area contributed by atoms with E-state index in [1.807, 2.05) is 6.07 Å². The van der Waals surface area contributed by atoms with Gasteiger partial charge in [-0.05, 0) is 67.3 Å². The maximum Gasteiger partial charge on any atom is 0.244 e. The van der Waals surface area contributed by atoms with Crippen LogP contribution in [0.3, 0.4) is 0 Å². The van der Waals surface area contributed by atoms with Gasteiger partial charge in [-0.2, -0.15) is 16.3 Å². The second-order valence-corrected chi connectivity index (χ2v) is 7.33. The first kappa shape index (κ1) is 16.4. The minimum Gasteiger partial charge on any atom is -0.337 e. The summed E-state index contributed by atoms with van der Waals surface area (Å²) in [5, 5.41) is 8.39. The standard InChI is InChI=1S/C19H20FN3OS/c1-12-5-6-14(10-16(12)20)18-21-19(24-22-18)13(2)23-8-3-4-17(23)15-7-9-25-11-15/h5-7,9-11,13,17H,3-4,8H2,1-2H3/t13-,17-/m0/s1. The van der Waals surface area contributed by atoms with Crippen LogP contribution in [-0.4, -0.2) is 21.6 Å². The summed E-state index contributed by atoms with van der Waals surface area (Å²) in [6.45, 7) is 4.84. The quantitative estimate of drug-likeness (QED) is 0.648. The Hall–Kier alpha value is -2.05. The summed E-state index contributed by atoms with van der Waals surface area (Å²) in [6.07, 6.45) is 2.31.